The predicted octanol–water partition coefficient (Wildman–Crippen LogP) is 1.24. The van der Waals surface area contributed by atoms with Crippen molar-refractivity contribution in [1.82, 2.24) is 0 Å². The van der Waals surface area contributed by atoms with Crippen molar-refractivity contribution in [1.29, 1.82) is 0 Å². The van der Waals surface area contributed by atoms with E-state index in [1.165, 1.54) is 20.8 Å². The molecule has 0 aliphatic carbocycles. The summed E-state index contributed by atoms with van der Waals surface area (Å²) in [7, 11) is 0. The predicted molar refractivity (Wildman–Crippen MR) is 106 cm³/mol. The first-order valence-corrected chi connectivity index (χ1v) is 10.8. The van der Waals surface area contributed by atoms with E-state index in [2.05, 4.69) is 10.0 Å². The number of esters is 3. The second-order valence-corrected chi connectivity index (χ2v) is 9.81. The van der Waals surface area contributed by atoms with E-state index in [1.807, 2.05) is 30.3 Å². The van der Waals surface area contributed by atoms with Crippen LogP contribution in [-0.2, 0) is 33.3 Å². The molecule has 1 aliphatic heterocycles. The fourth-order valence-corrected chi connectivity index (χ4v) is 5.74. The van der Waals surface area contributed by atoms with Crippen LogP contribution in [0.2, 0.25) is 0 Å². The van der Waals surface area contributed by atoms with Crippen molar-refractivity contribution in [3.63, 3.8) is 0 Å². The molecule has 0 bridgehead atoms. The molecule has 1 fully saturated rings. The van der Waals surface area contributed by atoms with E-state index < -0.39 is 61.7 Å². The van der Waals surface area contributed by atoms with Crippen LogP contribution in [0.4, 0.5) is 0 Å². The average Bonchev–Trinajstić information content (AvgIpc) is 2.65. The van der Waals surface area contributed by atoms with E-state index in [0.717, 1.165) is 4.46 Å². The maximum atomic E-state index is 11.8. The van der Waals surface area contributed by atoms with Crippen LogP contribution in [0.25, 0.3) is 10.4 Å². The van der Waals surface area contributed by atoms with Crippen molar-refractivity contribution in [2.45, 2.75) is 56.5 Å². The Bertz CT molecular complexity index is 831. The monoisotopic (exact) mass is 485 g/mol. The Labute approximate surface area is 180 Å². The third-order valence-corrected chi connectivity index (χ3v) is 6.84. The summed E-state index contributed by atoms with van der Waals surface area (Å²) in [5.41, 5.74) is 9.17. The molecule has 1 saturated heterocycles. The minimum absolute atomic E-state index is 0.228. The second kappa shape index (κ2) is 10.4. The third-order valence-electron chi connectivity index (χ3n) is 4.22. The fraction of sp³-hybridized carbons (Fsp3) is 0.526. The van der Waals surface area contributed by atoms with Gasteiger partial charge in [0.15, 0.2) is 0 Å². The Morgan fingerprint density at radius 1 is 1.10 bits per heavy atom. The van der Waals surface area contributed by atoms with Crippen LogP contribution >= 0.6 is 0 Å². The van der Waals surface area contributed by atoms with Gasteiger partial charge in [-0.05, 0) is 0 Å². The molecule has 162 valence electrons. The Hall–Kier alpha value is -2.58. The number of carbonyl (C=O) groups is 3. The molecule has 11 heteroatoms. The van der Waals surface area contributed by atoms with E-state index >= 15 is 0 Å². The second-order valence-electron chi connectivity index (χ2n) is 6.69. The number of nitrogens with zero attached hydrogens (tertiary/aromatic N) is 3. The minimum atomic E-state index is -1.12. The molecule has 0 saturated carbocycles. The van der Waals surface area contributed by atoms with Gasteiger partial charge in [0, 0.05) is 0 Å². The molecule has 10 nitrogen and oxygen atoms in total. The van der Waals surface area contributed by atoms with Gasteiger partial charge in [0.05, 0.1) is 0 Å². The first-order chi connectivity index (χ1) is 14.2. The summed E-state index contributed by atoms with van der Waals surface area (Å²) in [4.78, 5) is 37.8. The average molecular weight is 484 g/mol. The number of rotatable bonds is 7. The molecule has 0 aromatic heterocycles. The zero-order valence-electron chi connectivity index (χ0n) is 17.0. The fourth-order valence-electron chi connectivity index (χ4n) is 3.15. The molecule has 1 aromatic rings. The number of hydrogen-bond acceptors (Lipinski definition) is 8. The molecular formula is C19H23N3O7Se. The summed E-state index contributed by atoms with van der Waals surface area (Å²) in [5.74, 6) is -1.83. The van der Waals surface area contributed by atoms with Crippen LogP contribution in [0.3, 0.4) is 0 Å². The molecule has 0 unspecified atom stereocenters. The summed E-state index contributed by atoms with van der Waals surface area (Å²) in [6.45, 7) is 5.14. The van der Waals surface area contributed by atoms with Gasteiger partial charge in [0.1, 0.15) is 0 Å². The van der Waals surface area contributed by atoms with Crippen molar-refractivity contribution in [2.75, 3.05) is 6.61 Å². The summed E-state index contributed by atoms with van der Waals surface area (Å²) >= 11 is -0.402. The van der Waals surface area contributed by atoms with Crippen molar-refractivity contribution >= 4 is 37.3 Å². The molecule has 0 spiro atoms. The molecule has 30 heavy (non-hydrogen) atoms. The molecule has 1 aliphatic rings. The van der Waals surface area contributed by atoms with E-state index in [0.29, 0.717) is 0 Å². The standard InChI is InChI=1S/C19H23N3O7Se/c1-11(23)26-10-15-16(27-12(2)24)17(28-13(3)25)18(21-22-20)19(4,29-15)30-14-8-6-5-7-9-14/h5-9,15-18H,10H2,1-4H3/t15-,16-,17+,18+,19-/m1/s1. The first kappa shape index (κ1) is 23.7. The number of azide groups is 1. The number of carbonyl (C=O) groups excluding carboxylic acids is 3. The van der Waals surface area contributed by atoms with E-state index in [4.69, 9.17) is 18.9 Å². The first-order valence-electron chi connectivity index (χ1n) is 9.10. The molecule has 1 aromatic carbocycles. The van der Waals surface area contributed by atoms with Gasteiger partial charge in [0.2, 0.25) is 0 Å². The van der Waals surface area contributed by atoms with Gasteiger partial charge in [-0.2, -0.15) is 0 Å². The zero-order chi connectivity index (χ0) is 22.3. The van der Waals surface area contributed by atoms with Crippen LogP contribution in [0.15, 0.2) is 35.4 Å². The van der Waals surface area contributed by atoms with Gasteiger partial charge >= 0.3 is 180 Å². The van der Waals surface area contributed by atoms with E-state index in [9.17, 15) is 19.9 Å². The summed E-state index contributed by atoms with van der Waals surface area (Å²) in [6, 6.07) is 8.44. The third kappa shape index (κ3) is 6.21. The van der Waals surface area contributed by atoms with Crippen molar-refractivity contribution in [3.05, 3.63) is 40.8 Å². The van der Waals surface area contributed by atoms with Crippen molar-refractivity contribution in [3.8, 4) is 0 Å². The van der Waals surface area contributed by atoms with Crippen LogP contribution < -0.4 is 4.46 Å². The summed E-state index contributed by atoms with van der Waals surface area (Å²) in [5, 5.41) is 3.85. The SMILES string of the molecule is CC(=O)OC[C@H]1O[C@](C)([Se]c2ccccc2)[C@@H](N=[N+]=[N-])[C@@H](OC(C)=O)[C@@H]1OC(C)=O. The summed E-state index contributed by atoms with van der Waals surface area (Å²) in [6.07, 6.45) is -3.17. The number of ether oxygens (including phenoxy) is 4. The molecule has 2 rings (SSSR count). The van der Waals surface area contributed by atoms with Crippen molar-refractivity contribution in [2.24, 2.45) is 5.11 Å². The summed E-state index contributed by atoms with van der Waals surface area (Å²) < 4.78 is 22.0. The Balaban J connectivity index is 2.51. The van der Waals surface area contributed by atoms with Crippen LogP contribution in [0.1, 0.15) is 27.7 Å². The topological polar surface area (TPSA) is 137 Å². The number of hydrogen-bond donors (Lipinski definition) is 0. The van der Waals surface area contributed by atoms with Gasteiger partial charge in [-0.3, -0.25) is 0 Å². The Morgan fingerprint density at radius 2 is 1.70 bits per heavy atom. The van der Waals surface area contributed by atoms with Crippen LogP contribution in [-0.4, -0.2) is 68.3 Å². The normalized spacial score (nSPS) is 28.0. The Morgan fingerprint density at radius 3 is 2.23 bits per heavy atom. The zero-order valence-corrected chi connectivity index (χ0v) is 18.7. The number of benzene rings is 1. The molecule has 0 radical (unpaired) electrons. The molecule has 0 N–H and O–H groups in total. The van der Waals surface area contributed by atoms with Crippen molar-refractivity contribution < 1.29 is 33.3 Å². The van der Waals surface area contributed by atoms with Crippen LogP contribution in [0.5, 0.6) is 0 Å². The van der Waals surface area contributed by atoms with E-state index in [-0.39, 0.29) is 6.61 Å². The molecule has 5 atom stereocenters. The van der Waals surface area contributed by atoms with Gasteiger partial charge in [-0.15, -0.1) is 0 Å². The molecule has 0 amide bonds. The molecular weight excluding hydrogens is 461 g/mol. The quantitative estimate of drug-likeness (QED) is 0.142. The maximum absolute atomic E-state index is 11.8. The van der Waals surface area contributed by atoms with Crippen LogP contribution in [0, 0.1) is 0 Å². The van der Waals surface area contributed by atoms with Gasteiger partial charge in [-0.1, -0.05) is 0 Å². The van der Waals surface area contributed by atoms with E-state index in [1.54, 1.807) is 6.92 Å². The molecule has 1 heterocycles. The van der Waals surface area contributed by atoms with Gasteiger partial charge < -0.3 is 0 Å². The Kier molecular flexibility index (Phi) is 8.25. The van der Waals surface area contributed by atoms with Gasteiger partial charge in [-0.25, -0.2) is 0 Å². The van der Waals surface area contributed by atoms with Gasteiger partial charge in [0.25, 0.3) is 0 Å².